The summed E-state index contributed by atoms with van der Waals surface area (Å²) in [6, 6.07) is 0. The summed E-state index contributed by atoms with van der Waals surface area (Å²) in [4.78, 5) is 22.9. The van der Waals surface area contributed by atoms with Crippen LogP contribution in [-0.2, 0) is 14.3 Å². The van der Waals surface area contributed by atoms with Gasteiger partial charge < -0.3 is 4.74 Å². The lowest BCUT2D eigenvalue weighted by atomic mass is 9.78. The molecule has 1 aliphatic heterocycles. The minimum absolute atomic E-state index is 0.0194. The van der Waals surface area contributed by atoms with E-state index in [0.717, 1.165) is 19.3 Å². The van der Waals surface area contributed by atoms with E-state index in [9.17, 15) is 9.59 Å². The van der Waals surface area contributed by atoms with Gasteiger partial charge in [-0.1, -0.05) is 19.8 Å². The molecule has 15 heavy (non-hydrogen) atoms. The summed E-state index contributed by atoms with van der Waals surface area (Å²) in [6.45, 7) is 2.02. The van der Waals surface area contributed by atoms with Gasteiger partial charge in [0.15, 0.2) is 0 Å². The Bertz CT molecular complexity index is 261. The smallest absolute Gasteiger partial charge is 0.313 e. The first-order chi connectivity index (χ1) is 7.16. The fourth-order valence-corrected chi connectivity index (χ4v) is 3.02. The van der Waals surface area contributed by atoms with Crippen molar-refractivity contribution in [2.45, 2.75) is 57.5 Å². The molecule has 2 aliphatic rings. The molecule has 2 fully saturated rings. The average molecular weight is 210 g/mol. The Balaban J connectivity index is 2.18. The summed E-state index contributed by atoms with van der Waals surface area (Å²) >= 11 is 0. The van der Waals surface area contributed by atoms with Crippen molar-refractivity contribution in [2.75, 3.05) is 0 Å². The van der Waals surface area contributed by atoms with E-state index >= 15 is 0 Å². The highest BCUT2D eigenvalue weighted by atomic mass is 16.6. The van der Waals surface area contributed by atoms with Crippen LogP contribution in [0.3, 0.4) is 0 Å². The summed E-state index contributed by atoms with van der Waals surface area (Å²) in [5, 5.41) is 0. The average Bonchev–Trinajstić information content (AvgIpc) is 2.69. The molecule has 0 aromatic heterocycles. The second-order valence-electron chi connectivity index (χ2n) is 4.77. The second-order valence-corrected chi connectivity index (χ2v) is 4.77. The van der Waals surface area contributed by atoms with Gasteiger partial charge in [-0.25, -0.2) is 0 Å². The molecule has 0 aromatic carbocycles. The number of cyclic esters (lactones) is 1. The van der Waals surface area contributed by atoms with E-state index in [0.29, 0.717) is 12.3 Å². The minimum Gasteiger partial charge on any atom is -0.458 e. The van der Waals surface area contributed by atoms with Crippen LogP contribution < -0.4 is 0 Å². The van der Waals surface area contributed by atoms with Crippen molar-refractivity contribution in [3.63, 3.8) is 0 Å². The number of ketones is 1. The maximum Gasteiger partial charge on any atom is 0.313 e. The number of carbonyl (C=O) groups is 2. The first kappa shape index (κ1) is 10.7. The Kier molecular flexibility index (Phi) is 2.81. The molecule has 3 heteroatoms. The van der Waals surface area contributed by atoms with E-state index < -0.39 is 5.60 Å². The Morgan fingerprint density at radius 2 is 2.00 bits per heavy atom. The molecule has 0 radical (unpaired) electrons. The lowest BCUT2D eigenvalue weighted by Gasteiger charge is -2.40. The van der Waals surface area contributed by atoms with Crippen LogP contribution in [0, 0.1) is 5.92 Å². The quantitative estimate of drug-likeness (QED) is 0.518. The van der Waals surface area contributed by atoms with Gasteiger partial charge in [0, 0.05) is 6.42 Å². The Morgan fingerprint density at radius 3 is 2.53 bits per heavy atom. The molecule has 1 unspecified atom stereocenters. The largest absolute Gasteiger partial charge is 0.458 e. The van der Waals surface area contributed by atoms with Crippen LogP contribution in [0.5, 0.6) is 0 Å². The van der Waals surface area contributed by atoms with Crippen LogP contribution in [0.2, 0.25) is 0 Å². The monoisotopic (exact) mass is 210 g/mol. The number of hydrogen-bond donors (Lipinski definition) is 0. The predicted molar refractivity (Wildman–Crippen MR) is 55.3 cm³/mol. The molecule has 0 spiro atoms. The van der Waals surface area contributed by atoms with Gasteiger partial charge in [-0.05, 0) is 25.2 Å². The SMILES string of the molecule is CCC1(C2CCCC2)CC(=O)CC(=O)O1. The van der Waals surface area contributed by atoms with Gasteiger partial charge in [0.25, 0.3) is 0 Å². The third kappa shape index (κ3) is 1.92. The summed E-state index contributed by atoms with van der Waals surface area (Å²) in [5.41, 5.74) is -0.455. The second kappa shape index (κ2) is 3.95. The predicted octanol–water partition coefficient (Wildman–Crippen LogP) is 2.23. The summed E-state index contributed by atoms with van der Waals surface area (Å²) in [5.74, 6) is 0.149. The number of ether oxygens (including phenoxy) is 1. The Morgan fingerprint density at radius 1 is 1.33 bits per heavy atom. The van der Waals surface area contributed by atoms with E-state index in [4.69, 9.17) is 4.74 Å². The van der Waals surface area contributed by atoms with Crippen LogP contribution in [0.15, 0.2) is 0 Å². The minimum atomic E-state index is -0.455. The van der Waals surface area contributed by atoms with Crippen LogP contribution >= 0.6 is 0 Å². The van der Waals surface area contributed by atoms with Gasteiger partial charge in [-0.3, -0.25) is 9.59 Å². The van der Waals surface area contributed by atoms with E-state index in [1.807, 2.05) is 6.92 Å². The zero-order valence-corrected chi connectivity index (χ0v) is 9.25. The molecular formula is C12H18O3. The van der Waals surface area contributed by atoms with Crippen LogP contribution in [-0.4, -0.2) is 17.4 Å². The van der Waals surface area contributed by atoms with E-state index in [2.05, 4.69) is 0 Å². The van der Waals surface area contributed by atoms with E-state index in [-0.39, 0.29) is 18.2 Å². The third-order valence-corrected chi connectivity index (χ3v) is 3.85. The Hall–Kier alpha value is -0.860. The molecule has 0 bridgehead atoms. The van der Waals surface area contributed by atoms with Crippen molar-refractivity contribution >= 4 is 11.8 Å². The van der Waals surface area contributed by atoms with Gasteiger partial charge in [-0.15, -0.1) is 0 Å². The van der Waals surface area contributed by atoms with E-state index in [1.165, 1.54) is 12.8 Å². The molecule has 0 amide bonds. The molecule has 3 nitrogen and oxygen atoms in total. The number of carbonyl (C=O) groups excluding carboxylic acids is 2. The summed E-state index contributed by atoms with van der Waals surface area (Å²) in [7, 11) is 0. The molecule has 0 aromatic rings. The first-order valence-corrected chi connectivity index (χ1v) is 5.90. The number of rotatable bonds is 2. The van der Waals surface area contributed by atoms with Crippen molar-refractivity contribution < 1.29 is 14.3 Å². The van der Waals surface area contributed by atoms with Crippen LogP contribution in [0.1, 0.15) is 51.9 Å². The molecule has 1 saturated heterocycles. The normalized spacial score (nSPS) is 33.1. The third-order valence-electron chi connectivity index (χ3n) is 3.85. The van der Waals surface area contributed by atoms with Gasteiger partial charge in [0.05, 0.1) is 0 Å². The fraction of sp³-hybridized carbons (Fsp3) is 0.833. The molecule has 1 atom stereocenters. The summed E-state index contributed by atoms with van der Waals surface area (Å²) in [6.07, 6.45) is 5.82. The lowest BCUT2D eigenvalue weighted by Crippen LogP contribution is -2.47. The van der Waals surface area contributed by atoms with Gasteiger partial charge in [0.1, 0.15) is 17.8 Å². The van der Waals surface area contributed by atoms with Crippen molar-refractivity contribution in [2.24, 2.45) is 5.92 Å². The zero-order valence-electron chi connectivity index (χ0n) is 9.25. The highest BCUT2D eigenvalue weighted by Gasteiger charge is 2.46. The molecule has 1 saturated carbocycles. The van der Waals surface area contributed by atoms with Gasteiger partial charge in [0.2, 0.25) is 0 Å². The van der Waals surface area contributed by atoms with Crippen molar-refractivity contribution in [3.8, 4) is 0 Å². The Labute approximate surface area is 90.2 Å². The highest BCUT2D eigenvalue weighted by molar-refractivity contribution is 5.98. The summed E-state index contributed by atoms with van der Waals surface area (Å²) < 4.78 is 5.52. The standard InChI is InChI=1S/C12H18O3/c1-2-12(9-5-3-4-6-9)8-10(13)7-11(14)15-12/h9H,2-8H2,1H3. The molecular weight excluding hydrogens is 192 g/mol. The number of hydrogen-bond acceptors (Lipinski definition) is 3. The molecule has 0 N–H and O–H groups in total. The van der Waals surface area contributed by atoms with Crippen LogP contribution in [0.25, 0.3) is 0 Å². The molecule has 84 valence electrons. The fourth-order valence-electron chi connectivity index (χ4n) is 3.02. The van der Waals surface area contributed by atoms with Crippen LogP contribution in [0.4, 0.5) is 0 Å². The number of esters is 1. The maximum absolute atomic E-state index is 11.5. The van der Waals surface area contributed by atoms with Gasteiger partial charge >= 0.3 is 5.97 Å². The highest BCUT2D eigenvalue weighted by Crippen LogP contribution is 2.42. The number of Topliss-reactive ketones (excluding diaryl/α,β-unsaturated/α-hetero) is 1. The van der Waals surface area contributed by atoms with Gasteiger partial charge in [-0.2, -0.15) is 0 Å². The van der Waals surface area contributed by atoms with Crippen molar-refractivity contribution in [3.05, 3.63) is 0 Å². The maximum atomic E-state index is 11.5. The molecule has 1 aliphatic carbocycles. The van der Waals surface area contributed by atoms with E-state index in [1.54, 1.807) is 0 Å². The first-order valence-electron chi connectivity index (χ1n) is 5.90. The zero-order chi connectivity index (χ0) is 10.9. The van der Waals surface area contributed by atoms with Crippen molar-refractivity contribution in [1.82, 2.24) is 0 Å². The molecule has 1 heterocycles. The molecule has 2 rings (SSSR count). The van der Waals surface area contributed by atoms with Crippen molar-refractivity contribution in [1.29, 1.82) is 0 Å². The lowest BCUT2D eigenvalue weighted by molar-refractivity contribution is -0.177. The topological polar surface area (TPSA) is 43.4 Å².